The predicted octanol–water partition coefficient (Wildman–Crippen LogP) is 3.97. The van der Waals surface area contributed by atoms with Gasteiger partial charge in [0.25, 0.3) is 0 Å². The predicted molar refractivity (Wildman–Crippen MR) is 78.0 cm³/mol. The van der Waals surface area contributed by atoms with Crippen LogP contribution in [0.25, 0.3) is 0 Å². The van der Waals surface area contributed by atoms with Crippen LogP contribution in [0.3, 0.4) is 0 Å². The molecule has 0 amide bonds. The molecule has 0 spiro atoms. The lowest BCUT2D eigenvalue weighted by Crippen LogP contribution is -2.16. The quantitative estimate of drug-likeness (QED) is 0.797. The number of hydrogen-bond donors (Lipinski definition) is 1. The Bertz CT molecular complexity index is 484. The summed E-state index contributed by atoms with van der Waals surface area (Å²) in [4.78, 5) is 0. The molecule has 0 saturated carbocycles. The smallest absolute Gasteiger partial charge is 0.0682 e. The number of fused-ring (bicyclic) bond motifs is 1. The zero-order valence-corrected chi connectivity index (χ0v) is 11.6. The molecule has 2 heteroatoms. The molecule has 0 aliphatic heterocycles. The Kier molecular flexibility index (Phi) is 3.85. The van der Waals surface area contributed by atoms with E-state index in [0.717, 1.165) is 17.8 Å². The molecule has 0 bridgehead atoms. The molecule has 1 aliphatic rings. The molecule has 0 heterocycles. The zero-order valence-electron chi connectivity index (χ0n) is 11.6. The number of allylic oxidation sites excluding steroid dienone is 1. The van der Waals surface area contributed by atoms with Crippen molar-refractivity contribution in [3.63, 3.8) is 0 Å². The van der Waals surface area contributed by atoms with Gasteiger partial charge in [0, 0.05) is 11.3 Å². The third-order valence-electron chi connectivity index (χ3n) is 3.35. The van der Waals surface area contributed by atoms with Gasteiger partial charge in [-0.3, -0.25) is 5.43 Å². The van der Waals surface area contributed by atoms with Gasteiger partial charge in [-0.05, 0) is 43.2 Å². The molecule has 0 radical (unpaired) electrons. The minimum atomic E-state index is 0.589. The van der Waals surface area contributed by atoms with Crippen LogP contribution in [0, 0.1) is 0 Å². The van der Waals surface area contributed by atoms with Crippen molar-refractivity contribution >= 4 is 5.71 Å². The molecule has 0 saturated heterocycles. The molecule has 0 atom stereocenters. The average Bonchev–Trinajstić information content (AvgIpc) is 2.35. The second-order valence-corrected chi connectivity index (χ2v) is 5.38. The standard InChI is InChI=1S/C16H22N2/c1-11(2)13-8-9-15-14(10-13)6-5-7-16(15)18-17-12(3)4/h8-11,17H,3,5-7H2,1-2,4H3/b18-16+. The summed E-state index contributed by atoms with van der Waals surface area (Å²) >= 11 is 0. The van der Waals surface area contributed by atoms with Gasteiger partial charge in [0.2, 0.25) is 0 Å². The van der Waals surface area contributed by atoms with Gasteiger partial charge in [0.15, 0.2) is 0 Å². The SMILES string of the molecule is C=C(C)N/N=C1\CCCc2cc(C(C)C)ccc21. The van der Waals surface area contributed by atoms with Crippen LogP contribution >= 0.6 is 0 Å². The fourth-order valence-electron chi connectivity index (χ4n) is 2.32. The number of rotatable bonds is 3. The van der Waals surface area contributed by atoms with Crippen molar-refractivity contribution in [1.29, 1.82) is 0 Å². The maximum absolute atomic E-state index is 4.47. The molecule has 0 unspecified atom stereocenters. The third-order valence-corrected chi connectivity index (χ3v) is 3.35. The van der Waals surface area contributed by atoms with Crippen LogP contribution in [0.5, 0.6) is 0 Å². The maximum Gasteiger partial charge on any atom is 0.0682 e. The molecule has 1 aromatic carbocycles. The Labute approximate surface area is 110 Å². The molecular formula is C16H22N2. The molecular weight excluding hydrogens is 220 g/mol. The number of hydrazone groups is 1. The Balaban J connectivity index is 2.33. The second kappa shape index (κ2) is 5.38. The molecule has 1 aliphatic carbocycles. The highest BCUT2D eigenvalue weighted by atomic mass is 15.3. The Morgan fingerprint density at radius 1 is 1.33 bits per heavy atom. The van der Waals surface area contributed by atoms with Crippen molar-refractivity contribution in [2.24, 2.45) is 5.10 Å². The third kappa shape index (κ3) is 2.81. The van der Waals surface area contributed by atoms with Crippen molar-refractivity contribution < 1.29 is 0 Å². The highest BCUT2D eigenvalue weighted by molar-refractivity contribution is 6.02. The Morgan fingerprint density at radius 2 is 2.11 bits per heavy atom. The summed E-state index contributed by atoms with van der Waals surface area (Å²) < 4.78 is 0. The van der Waals surface area contributed by atoms with Crippen LogP contribution in [-0.2, 0) is 6.42 Å². The summed E-state index contributed by atoms with van der Waals surface area (Å²) in [7, 11) is 0. The van der Waals surface area contributed by atoms with E-state index in [-0.39, 0.29) is 0 Å². The highest BCUT2D eigenvalue weighted by Crippen LogP contribution is 2.25. The minimum Gasteiger partial charge on any atom is -0.283 e. The minimum absolute atomic E-state index is 0.589. The second-order valence-electron chi connectivity index (χ2n) is 5.38. The van der Waals surface area contributed by atoms with E-state index in [4.69, 9.17) is 0 Å². The largest absolute Gasteiger partial charge is 0.283 e. The summed E-state index contributed by atoms with van der Waals surface area (Å²) in [5.41, 5.74) is 9.20. The van der Waals surface area contributed by atoms with Crippen LogP contribution in [0.15, 0.2) is 35.6 Å². The van der Waals surface area contributed by atoms with E-state index in [2.05, 4.69) is 49.2 Å². The van der Waals surface area contributed by atoms with Gasteiger partial charge in [0.05, 0.1) is 5.71 Å². The van der Waals surface area contributed by atoms with E-state index < -0.39 is 0 Å². The first kappa shape index (κ1) is 12.9. The van der Waals surface area contributed by atoms with Gasteiger partial charge in [-0.25, -0.2) is 0 Å². The first-order valence-electron chi connectivity index (χ1n) is 6.69. The highest BCUT2D eigenvalue weighted by Gasteiger charge is 2.16. The molecule has 2 rings (SSSR count). The number of benzene rings is 1. The Morgan fingerprint density at radius 3 is 2.78 bits per heavy atom. The van der Waals surface area contributed by atoms with E-state index in [1.165, 1.54) is 29.5 Å². The lowest BCUT2D eigenvalue weighted by atomic mass is 9.87. The fourth-order valence-corrected chi connectivity index (χ4v) is 2.32. The van der Waals surface area contributed by atoms with Crippen LogP contribution in [0.2, 0.25) is 0 Å². The van der Waals surface area contributed by atoms with Crippen LogP contribution in [0.1, 0.15) is 56.2 Å². The lowest BCUT2D eigenvalue weighted by molar-refractivity contribution is 0.802. The van der Waals surface area contributed by atoms with Gasteiger partial charge < -0.3 is 0 Å². The van der Waals surface area contributed by atoms with E-state index in [1.54, 1.807) is 0 Å². The Hall–Kier alpha value is -1.57. The summed E-state index contributed by atoms with van der Waals surface area (Å²) in [5.74, 6) is 0.589. The molecule has 2 nitrogen and oxygen atoms in total. The normalized spacial score (nSPS) is 16.8. The van der Waals surface area contributed by atoms with E-state index in [0.29, 0.717) is 5.92 Å². The zero-order chi connectivity index (χ0) is 13.1. The van der Waals surface area contributed by atoms with Crippen LogP contribution in [0.4, 0.5) is 0 Å². The van der Waals surface area contributed by atoms with Crippen molar-refractivity contribution in [1.82, 2.24) is 5.43 Å². The van der Waals surface area contributed by atoms with Crippen molar-refractivity contribution in [3.05, 3.63) is 47.2 Å². The maximum atomic E-state index is 4.47. The summed E-state index contributed by atoms with van der Waals surface area (Å²) in [6.45, 7) is 10.2. The number of hydrogen-bond acceptors (Lipinski definition) is 2. The molecule has 96 valence electrons. The fraction of sp³-hybridized carbons (Fsp3) is 0.438. The summed E-state index contributed by atoms with van der Waals surface area (Å²) in [5, 5.41) is 4.47. The van der Waals surface area contributed by atoms with Crippen molar-refractivity contribution in [2.45, 2.75) is 46.0 Å². The van der Waals surface area contributed by atoms with E-state index in [9.17, 15) is 0 Å². The summed E-state index contributed by atoms with van der Waals surface area (Å²) in [6, 6.07) is 6.79. The molecule has 0 aromatic heterocycles. The topological polar surface area (TPSA) is 24.4 Å². The lowest BCUT2D eigenvalue weighted by Gasteiger charge is -2.20. The molecule has 0 fully saturated rings. The first-order chi connectivity index (χ1) is 8.58. The number of aryl methyl sites for hydroxylation is 1. The number of nitrogens with one attached hydrogen (secondary N) is 1. The summed E-state index contributed by atoms with van der Waals surface area (Å²) in [6.07, 6.45) is 3.40. The van der Waals surface area contributed by atoms with Crippen LogP contribution in [-0.4, -0.2) is 5.71 Å². The van der Waals surface area contributed by atoms with Gasteiger partial charge in [-0.15, -0.1) is 0 Å². The van der Waals surface area contributed by atoms with Gasteiger partial charge in [-0.2, -0.15) is 5.10 Å². The molecule has 18 heavy (non-hydrogen) atoms. The van der Waals surface area contributed by atoms with Gasteiger partial charge in [-0.1, -0.05) is 38.6 Å². The van der Waals surface area contributed by atoms with Gasteiger partial charge in [0.1, 0.15) is 0 Å². The van der Waals surface area contributed by atoms with Crippen molar-refractivity contribution in [2.75, 3.05) is 0 Å². The van der Waals surface area contributed by atoms with Gasteiger partial charge >= 0.3 is 0 Å². The van der Waals surface area contributed by atoms with Crippen molar-refractivity contribution in [3.8, 4) is 0 Å². The average molecular weight is 242 g/mol. The van der Waals surface area contributed by atoms with E-state index >= 15 is 0 Å². The van der Waals surface area contributed by atoms with Crippen LogP contribution < -0.4 is 5.43 Å². The molecule has 1 aromatic rings. The van der Waals surface area contributed by atoms with E-state index in [1.807, 2.05) is 6.92 Å². The monoisotopic (exact) mass is 242 g/mol. The number of nitrogens with zero attached hydrogens (tertiary/aromatic N) is 1. The molecule has 1 N–H and O–H groups in total. The first-order valence-corrected chi connectivity index (χ1v) is 6.69.